The van der Waals surface area contributed by atoms with Gasteiger partial charge in [0.25, 0.3) is 0 Å². The molecular formula is C54H88O24. The molecule has 15 N–H and O–H groups in total. The molecule has 4 saturated carbocycles. The number of allylic oxidation sites excluding steroid dienone is 2. The number of hydrogen-bond donors (Lipinski definition) is 15. The van der Waals surface area contributed by atoms with Gasteiger partial charge in [0.1, 0.15) is 97.7 Å². The van der Waals surface area contributed by atoms with Gasteiger partial charge < -0.3 is 114 Å². The van der Waals surface area contributed by atoms with Crippen molar-refractivity contribution in [2.45, 2.75) is 235 Å². The SMILES string of the molecule is CC1(C)CCC2(C(=O)O[C@@H]3O[C@H](CO)[C@@H](O)[C@@H](O)[C@H]3O)CC[C@]3(C)C(=CCC4C5(C)CCC(O[C@@H]6O[C@H](CO)[C@@H](O)[C@@H](O[C@@H]7O[C@H](CO)[C@@H](O)[C@@H](O)[C@H]7O)[C@H]6O[C@@H]6O[C@H](CO)[C@@H](O)[C@@H](O)[C@H]6O)[C@@](C)(CO)C5CCC43C)C2C1. The quantitative estimate of drug-likeness (QED) is 0.0494. The van der Waals surface area contributed by atoms with E-state index in [0.717, 1.165) is 12.8 Å². The number of carbonyl (C=O) groups excluding carboxylic acids is 1. The summed E-state index contributed by atoms with van der Waals surface area (Å²) in [6.07, 6.45) is -26.8. The first-order chi connectivity index (χ1) is 36.6. The van der Waals surface area contributed by atoms with Crippen molar-refractivity contribution >= 4 is 5.97 Å². The van der Waals surface area contributed by atoms with Crippen LogP contribution in [0.25, 0.3) is 0 Å². The Balaban J connectivity index is 1.01. The monoisotopic (exact) mass is 1120 g/mol. The molecule has 4 saturated heterocycles. The fourth-order valence-electron chi connectivity index (χ4n) is 16.5. The number of aliphatic hydroxyl groups is 15. The Labute approximate surface area is 453 Å². The summed E-state index contributed by atoms with van der Waals surface area (Å²) < 4.78 is 48.7. The molecule has 5 aliphatic carbocycles. The summed E-state index contributed by atoms with van der Waals surface area (Å²) in [4.78, 5) is 14.8. The zero-order chi connectivity index (χ0) is 57.0. The third kappa shape index (κ3) is 9.76. The van der Waals surface area contributed by atoms with Gasteiger partial charge in [0.05, 0.1) is 44.6 Å². The Morgan fingerprint density at radius 1 is 0.526 bits per heavy atom. The van der Waals surface area contributed by atoms with E-state index in [1.807, 2.05) is 6.92 Å². The zero-order valence-electron chi connectivity index (χ0n) is 45.4. The van der Waals surface area contributed by atoms with E-state index in [0.29, 0.717) is 51.4 Å². The molecule has 29 atom stereocenters. The summed E-state index contributed by atoms with van der Waals surface area (Å²) in [6, 6.07) is 0. The maximum atomic E-state index is 14.8. The number of esters is 1. The summed E-state index contributed by atoms with van der Waals surface area (Å²) >= 11 is 0. The van der Waals surface area contributed by atoms with Crippen molar-refractivity contribution in [3.8, 4) is 0 Å². The lowest BCUT2D eigenvalue weighted by Crippen LogP contribution is -2.69. The van der Waals surface area contributed by atoms with Gasteiger partial charge in [0.2, 0.25) is 6.29 Å². The zero-order valence-corrected chi connectivity index (χ0v) is 45.4. The summed E-state index contributed by atoms with van der Waals surface area (Å²) in [5.41, 5.74) is -2.09. The van der Waals surface area contributed by atoms with E-state index in [9.17, 15) is 81.4 Å². The van der Waals surface area contributed by atoms with Crippen molar-refractivity contribution in [2.75, 3.05) is 33.0 Å². The number of rotatable bonds is 13. The maximum Gasteiger partial charge on any atom is 0.315 e. The van der Waals surface area contributed by atoms with Crippen LogP contribution in [0.15, 0.2) is 11.6 Å². The van der Waals surface area contributed by atoms with Crippen molar-refractivity contribution in [2.24, 2.45) is 50.2 Å². The molecular weight excluding hydrogens is 1030 g/mol. The van der Waals surface area contributed by atoms with E-state index in [-0.39, 0.29) is 35.2 Å². The second-order valence-corrected chi connectivity index (χ2v) is 26.1. The lowest BCUT2D eigenvalue weighted by molar-refractivity contribution is -0.400. The van der Waals surface area contributed by atoms with Crippen molar-refractivity contribution in [1.82, 2.24) is 0 Å². The van der Waals surface area contributed by atoms with Crippen molar-refractivity contribution in [3.63, 3.8) is 0 Å². The van der Waals surface area contributed by atoms with E-state index < -0.39 is 183 Å². The maximum absolute atomic E-state index is 14.8. The molecule has 8 fully saturated rings. The van der Waals surface area contributed by atoms with Gasteiger partial charge in [-0.05, 0) is 104 Å². The van der Waals surface area contributed by atoms with Crippen LogP contribution in [-0.2, 0) is 42.7 Å². The van der Waals surface area contributed by atoms with Crippen LogP contribution in [0.4, 0.5) is 0 Å². The highest BCUT2D eigenvalue weighted by Gasteiger charge is 2.71. The number of aliphatic hydroxyl groups excluding tert-OH is 15. The van der Waals surface area contributed by atoms with E-state index in [1.54, 1.807) is 0 Å². The van der Waals surface area contributed by atoms with Gasteiger partial charge in [0, 0.05) is 5.41 Å². The van der Waals surface area contributed by atoms with Gasteiger partial charge in [-0.3, -0.25) is 4.79 Å². The van der Waals surface area contributed by atoms with Crippen LogP contribution in [-0.4, -0.2) is 245 Å². The minimum Gasteiger partial charge on any atom is -0.432 e. The molecule has 0 aromatic carbocycles. The Bertz CT molecular complexity index is 2130. The summed E-state index contributed by atoms with van der Waals surface area (Å²) in [7, 11) is 0. The molecule has 9 aliphatic rings. The van der Waals surface area contributed by atoms with E-state index in [1.165, 1.54) is 5.57 Å². The third-order valence-corrected chi connectivity index (χ3v) is 21.6. The van der Waals surface area contributed by atoms with Crippen LogP contribution in [0.3, 0.4) is 0 Å². The summed E-state index contributed by atoms with van der Waals surface area (Å²) in [5.74, 6) is -0.919. The van der Waals surface area contributed by atoms with Gasteiger partial charge in [-0.15, -0.1) is 0 Å². The van der Waals surface area contributed by atoms with Crippen LogP contribution in [0.1, 0.15) is 106 Å². The highest BCUT2D eigenvalue weighted by Crippen LogP contribution is 2.76. The topological polar surface area (TPSA) is 394 Å². The van der Waals surface area contributed by atoms with Crippen LogP contribution >= 0.6 is 0 Å². The first-order valence-electron chi connectivity index (χ1n) is 28.0. The first kappa shape index (κ1) is 60.9. The molecule has 24 nitrogen and oxygen atoms in total. The Morgan fingerprint density at radius 2 is 1.01 bits per heavy atom. The Hall–Kier alpha value is -1.67. The number of fused-ring (bicyclic) bond motifs is 7. The largest absolute Gasteiger partial charge is 0.432 e. The van der Waals surface area contributed by atoms with E-state index >= 15 is 0 Å². The van der Waals surface area contributed by atoms with Crippen molar-refractivity contribution < 1.29 is 119 Å². The van der Waals surface area contributed by atoms with Crippen molar-refractivity contribution in [1.29, 1.82) is 0 Å². The summed E-state index contributed by atoms with van der Waals surface area (Å²) in [5, 5.41) is 161. The second-order valence-electron chi connectivity index (χ2n) is 26.1. The smallest absolute Gasteiger partial charge is 0.315 e. The summed E-state index contributed by atoms with van der Waals surface area (Å²) in [6.45, 7) is 9.78. The highest BCUT2D eigenvalue weighted by molar-refractivity contribution is 5.79. The number of carbonyl (C=O) groups is 1. The second kappa shape index (κ2) is 22.4. The average molecular weight is 1120 g/mol. The Morgan fingerprint density at radius 3 is 1.55 bits per heavy atom. The van der Waals surface area contributed by atoms with Crippen LogP contribution < -0.4 is 0 Å². The first-order valence-corrected chi connectivity index (χ1v) is 28.0. The third-order valence-electron chi connectivity index (χ3n) is 21.6. The normalized spacial score (nSPS) is 54.1. The van der Waals surface area contributed by atoms with Gasteiger partial charge >= 0.3 is 5.97 Å². The Kier molecular flexibility index (Phi) is 17.5. The predicted octanol–water partition coefficient (Wildman–Crippen LogP) is -3.06. The van der Waals surface area contributed by atoms with Gasteiger partial charge in [-0.25, -0.2) is 0 Å². The van der Waals surface area contributed by atoms with Crippen LogP contribution in [0.2, 0.25) is 0 Å². The molecule has 0 bridgehead atoms. The van der Waals surface area contributed by atoms with Crippen molar-refractivity contribution in [3.05, 3.63) is 11.6 Å². The minimum absolute atomic E-state index is 0.0629. The fourth-order valence-corrected chi connectivity index (χ4v) is 16.5. The number of ether oxygens (including phenoxy) is 8. The molecule has 4 aliphatic heterocycles. The molecule has 9 rings (SSSR count). The van der Waals surface area contributed by atoms with Crippen LogP contribution in [0, 0.1) is 50.2 Å². The number of hydrogen-bond acceptors (Lipinski definition) is 24. The van der Waals surface area contributed by atoms with Gasteiger partial charge in [0.15, 0.2) is 18.9 Å². The average Bonchev–Trinajstić information content (AvgIpc) is 3.41. The molecule has 0 radical (unpaired) electrons. The molecule has 448 valence electrons. The molecule has 24 heteroatoms. The molecule has 7 unspecified atom stereocenters. The van der Waals surface area contributed by atoms with Gasteiger partial charge in [-0.1, -0.05) is 53.2 Å². The molecule has 0 aromatic heterocycles. The minimum atomic E-state index is -1.97. The lowest BCUT2D eigenvalue weighted by atomic mass is 9.33. The van der Waals surface area contributed by atoms with Gasteiger partial charge in [-0.2, -0.15) is 0 Å². The lowest BCUT2D eigenvalue weighted by Gasteiger charge is -2.71. The van der Waals surface area contributed by atoms with E-state index in [4.69, 9.17) is 37.9 Å². The van der Waals surface area contributed by atoms with Crippen LogP contribution in [0.5, 0.6) is 0 Å². The predicted molar refractivity (Wildman–Crippen MR) is 264 cm³/mol. The molecule has 0 spiro atoms. The fraction of sp³-hybridized carbons (Fsp3) is 0.944. The van der Waals surface area contributed by atoms with E-state index in [2.05, 4.69) is 40.7 Å². The highest BCUT2D eigenvalue weighted by atomic mass is 16.8. The molecule has 4 heterocycles. The standard InChI is InChI=1S/C54H88O24/c1-49(2)13-15-54(48(70)78-46-41(69)38(66)34(62)27(20-57)73-46)16-14-52(5)23(24(54)17-49)7-8-30-50(3)11-10-31(51(4,22-59)29(50)9-12-53(30,52)6)75-47-43(77-45-40(68)37(65)33(61)26(19-56)72-45)42(35(63)28(21-58)74-47)76-44-39(67)36(64)32(60)25(18-55)71-44/h7,24-47,55-69H,8-22H2,1-6H3/t24?,25-,26-,27-,28-,29?,30?,31?,32-,33-,34-,35-,36-,37-,38-,39-,40-,41-,42-,43-,44+,45+,46+,47+,50?,51+,52-,53?,54?/m1/s1. The molecule has 0 amide bonds. The molecule has 0 aromatic rings. The molecule has 78 heavy (non-hydrogen) atoms.